The van der Waals surface area contributed by atoms with E-state index in [0.717, 1.165) is 24.8 Å². The Morgan fingerprint density at radius 2 is 1.94 bits per heavy atom. The smallest absolute Gasteiger partial charge is 0.309 e. The Hall–Kier alpha value is -1.65. The van der Waals surface area contributed by atoms with Gasteiger partial charge in [-0.2, -0.15) is 0 Å². The van der Waals surface area contributed by atoms with Crippen LogP contribution in [-0.2, 0) is 25.7 Å². The van der Waals surface area contributed by atoms with Crippen LogP contribution in [0.2, 0.25) is 0 Å². The highest BCUT2D eigenvalue weighted by molar-refractivity contribution is 7.09. The van der Waals surface area contributed by atoms with Crippen LogP contribution in [0.25, 0.3) is 6.08 Å². The molecule has 0 bridgehead atoms. The summed E-state index contributed by atoms with van der Waals surface area (Å²) < 4.78 is 11.9. The molecule has 0 aliphatic carbocycles. The predicted molar refractivity (Wildman–Crippen MR) is 137 cm³/mol. The minimum absolute atomic E-state index is 0.0860. The van der Waals surface area contributed by atoms with Crippen LogP contribution in [0.1, 0.15) is 84.3 Å². The van der Waals surface area contributed by atoms with Crippen molar-refractivity contribution < 1.29 is 34.4 Å². The molecule has 1 aromatic rings. The van der Waals surface area contributed by atoms with Crippen molar-refractivity contribution in [2.75, 3.05) is 0 Å². The molecule has 9 heteroatoms. The maximum Gasteiger partial charge on any atom is 0.309 e. The molecule has 8 nitrogen and oxygen atoms in total. The van der Waals surface area contributed by atoms with Gasteiger partial charge in [0.25, 0.3) is 0 Å². The fourth-order valence-electron chi connectivity index (χ4n) is 5.08. The molecule has 3 rings (SSSR count). The fourth-order valence-corrected chi connectivity index (χ4v) is 5.69. The lowest BCUT2D eigenvalue weighted by molar-refractivity contribution is -0.154. The number of rotatable bonds is 3. The minimum atomic E-state index is -1.26. The van der Waals surface area contributed by atoms with Crippen molar-refractivity contribution in [1.29, 1.82) is 0 Å². The topological polar surface area (TPSA) is 129 Å². The van der Waals surface area contributed by atoms with Gasteiger partial charge >= 0.3 is 5.97 Å². The molecule has 0 amide bonds. The first-order valence-electron chi connectivity index (χ1n) is 12.8. The second-order valence-corrected chi connectivity index (χ2v) is 12.2. The monoisotopic (exact) mass is 523 g/mol. The molecule has 1 aromatic heterocycles. The van der Waals surface area contributed by atoms with E-state index in [9.17, 15) is 24.9 Å². The van der Waals surface area contributed by atoms with E-state index in [2.05, 4.69) is 4.98 Å². The summed E-state index contributed by atoms with van der Waals surface area (Å²) in [7, 11) is 0. The molecule has 2 aliphatic rings. The quantitative estimate of drug-likeness (QED) is 0.404. The van der Waals surface area contributed by atoms with Crippen molar-refractivity contribution in [3.05, 3.63) is 21.7 Å². The third-order valence-corrected chi connectivity index (χ3v) is 8.85. The zero-order chi connectivity index (χ0) is 26.8. The zero-order valence-corrected chi connectivity index (χ0v) is 23.0. The number of cyclic esters (lactones) is 1. The number of fused-ring (bicyclic) bond motifs is 1. The fraction of sp³-hybridized carbons (Fsp3) is 0.741. The Morgan fingerprint density at radius 3 is 2.58 bits per heavy atom. The summed E-state index contributed by atoms with van der Waals surface area (Å²) in [5.74, 6) is -1.64. The van der Waals surface area contributed by atoms with Gasteiger partial charge in [-0.25, -0.2) is 4.98 Å². The molecule has 0 radical (unpaired) electrons. The molecular weight excluding hydrogens is 482 g/mol. The highest BCUT2D eigenvalue weighted by Gasteiger charge is 2.53. The average molecular weight is 524 g/mol. The third kappa shape index (κ3) is 6.61. The van der Waals surface area contributed by atoms with Crippen molar-refractivity contribution in [3.63, 3.8) is 0 Å². The molecule has 0 saturated carbocycles. The first-order chi connectivity index (χ1) is 16.8. The molecule has 2 aliphatic heterocycles. The summed E-state index contributed by atoms with van der Waals surface area (Å²) in [5, 5.41) is 33.4. The minimum Gasteiger partial charge on any atom is -0.458 e. The molecule has 3 heterocycles. The predicted octanol–water partition coefficient (Wildman–Crippen LogP) is 3.66. The lowest BCUT2D eigenvalue weighted by Gasteiger charge is -2.34. The van der Waals surface area contributed by atoms with E-state index < -0.39 is 35.6 Å². The highest BCUT2D eigenvalue weighted by atomic mass is 32.1. The standard InChI is InChI=1S/C27H41NO7S/c1-15-8-7-9-27(6)21(35-27)11-19(16(2)10-18-14-36-22(13-29)28-18)34-23(31)12-20(30)26(4,5)25(33)17(3)24(15)32/h10,14-15,17,19-21,24,29-30,32H,7-9,11-13H2,1-6H3/b16-10+/t15-,17+,19-,20-,21-,24?,27+/m0/s1. The van der Waals surface area contributed by atoms with Gasteiger partial charge in [0.1, 0.15) is 16.9 Å². The lowest BCUT2D eigenvalue weighted by Crippen LogP contribution is -2.45. The van der Waals surface area contributed by atoms with Crippen LogP contribution in [0.3, 0.4) is 0 Å². The van der Waals surface area contributed by atoms with E-state index in [0.29, 0.717) is 17.1 Å². The largest absolute Gasteiger partial charge is 0.458 e. The highest BCUT2D eigenvalue weighted by Crippen LogP contribution is 2.45. The number of aliphatic hydroxyl groups is 3. The average Bonchev–Trinajstić information content (AvgIpc) is 3.23. The Balaban J connectivity index is 1.85. The number of hydrogen-bond donors (Lipinski definition) is 3. The normalized spacial score (nSPS) is 36.8. The molecule has 2 saturated heterocycles. The number of aromatic nitrogens is 1. The van der Waals surface area contributed by atoms with Gasteiger partial charge in [-0.05, 0) is 44.3 Å². The number of carbonyl (C=O) groups is 2. The number of esters is 1. The first-order valence-corrected chi connectivity index (χ1v) is 13.7. The van der Waals surface area contributed by atoms with Gasteiger partial charge in [-0.15, -0.1) is 11.3 Å². The maximum atomic E-state index is 13.2. The molecule has 36 heavy (non-hydrogen) atoms. The van der Waals surface area contributed by atoms with E-state index in [-0.39, 0.29) is 36.4 Å². The molecular formula is C27H41NO7S. The van der Waals surface area contributed by atoms with E-state index in [1.54, 1.807) is 20.8 Å². The number of epoxide rings is 1. The molecule has 7 atom stereocenters. The van der Waals surface area contributed by atoms with Gasteiger partial charge in [0.2, 0.25) is 0 Å². The second-order valence-electron chi connectivity index (χ2n) is 11.3. The van der Waals surface area contributed by atoms with Gasteiger partial charge in [-0.3, -0.25) is 9.59 Å². The molecule has 3 N–H and O–H groups in total. The SMILES string of the molecule is C/C(=C\c1csc(CO)n1)[C@@H]1C[C@@H]2O[C@]2(C)CCC[C@H](C)C(O)[C@@H](C)C(=O)C(C)(C)[C@@H](O)CC(=O)O1. The summed E-state index contributed by atoms with van der Waals surface area (Å²) in [4.78, 5) is 30.5. The number of hydrogen-bond acceptors (Lipinski definition) is 9. The van der Waals surface area contributed by atoms with Gasteiger partial charge in [-0.1, -0.05) is 34.1 Å². The lowest BCUT2D eigenvalue weighted by atomic mass is 9.73. The number of ether oxygens (including phenoxy) is 2. The van der Waals surface area contributed by atoms with E-state index in [4.69, 9.17) is 9.47 Å². The van der Waals surface area contributed by atoms with Crippen LogP contribution >= 0.6 is 11.3 Å². The number of nitrogens with zero attached hydrogens (tertiary/aromatic N) is 1. The van der Waals surface area contributed by atoms with Gasteiger partial charge in [0, 0.05) is 17.7 Å². The summed E-state index contributed by atoms with van der Waals surface area (Å²) in [6, 6.07) is 0. The van der Waals surface area contributed by atoms with E-state index >= 15 is 0 Å². The Bertz CT molecular complexity index is 973. The van der Waals surface area contributed by atoms with Crippen molar-refractivity contribution >= 4 is 29.2 Å². The second kappa shape index (κ2) is 11.4. The number of Topliss-reactive ketones (excluding diaryl/α,β-unsaturated/α-hetero) is 1. The number of aliphatic hydroxyl groups excluding tert-OH is 3. The van der Waals surface area contributed by atoms with Crippen LogP contribution in [0.4, 0.5) is 0 Å². The molecule has 2 fully saturated rings. The van der Waals surface area contributed by atoms with Crippen LogP contribution in [-0.4, -0.2) is 62.1 Å². The first kappa shape index (κ1) is 28.9. The van der Waals surface area contributed by atoms with Crippen molar-refractivity contribution in [2.24, 2.45) is 17.3 Å². The summed E-state index contributed by atoms with van der Waals surface area (Å²) >= 11 is 1.35. The number of ketones is 1. The maximum absolute atomic E-state index is 13.2. The third-order valence-electron chi connectivity index (χ3n) is 8.00. The summed E-state index contributed by atoms with van der Waals surface area (Å²) in [6.07, 6.45) is 1.60. The van der Waals surface area contributed by atoms with E-state index in [1.165, 1.54) is 11.3 Å². The van der Waals surface area contributed by atoms with Crippen molar-refractivity contribution in [3.8, 4) is 0 Å². The Morgan fingerprint density at radius 1 is 1.25 bits per heavy atom. The molecule has 1 unspecified atom stereocenters. The van der Waals surface area contributed by atoms with Gasteiger partial charge < -0.3 is 24.8 Å². The Labute approximate surface area is 217 Å². The number of carbonyl (C=O) groups excluding carboxylic acids is 2. The van der Waals surface area contributed by atoms with Crippen LogP contribution < -0.4 is 0 Å². The Kier molecular flexibility index (Phi) is 9.15. The molecule has 0 spiro atoms. The van der Waals surface area contributed by atoms with Crippen molar-refractivity contribution in [1.82, 2.24) is 4.98 Å². The van der Waals surface area contributed by atoms with Gasteiger partial charge in [0.15, 0.2) is 0 Å². The van der Waals surface area contributed by atoms with Crippen LogP contribution in [0, 0.1) is 17.3 Å². The van der Waals surface area contributed by atoms with Crippen LogP contribution in [0.15, 0.2) is 11.0 Å². The summed E-state index contributed by atoms with van der Waals surface area (Å²) in [6.45, 7) is 10.6. The van der Waals surface area contributed by atoms with Gasteiger partial charge in [0.05, 0.1) is 48.0 Å². The molecule has 202 valence electrons. The summed E-state index contributed by atoms with van der Waals surface area (Å²) in [5.41, 5.74) is -0.0964. The molecule has 0 aromatic carbocycles. The number of thiazole rings is 1. The van der Waals surface area contributed by atoms with E-state index in [1.807, 2.05) is 32.2 Å². The van der Waals surface area contributed by atoms with Crippen LogP contribution in [0.5, 0.6) is 0 Å². The zero-order valence-electron chi connectivity index (χ0n) is 22.2. The van der Waals surface area contributed by atoms with Crippen molar-refractivity contribution in [2.45, 2.75) is 110 Å².